The molecule has 0 fully saturated rings. The lowest BCUT2D eigenvalue weighted by molar-refractivity contribution is 1.28. The molecule has 11 rings (SSSR count). The summed E-state index contributed by atoms with van der Waals surface area (Å²) in [4.78, 5) is 2.42. The molecule has 0 saturated heterocycles. The summed E-state index contributed by atoms with van der Waals surface area (Å²) in [7, 11) is 0. The highest BCUT2D eigenvalue weighted by atomic mass is 32.1. The maximum atomic E-state index is 2.42. The number of fused-ring (bicyclic) bond motifs is 4. The van der Waals surface area contributed by atoms with E-state index in [-0.39, 0.29) is 0 Å². The first kappa shape index (κ1) is 35.6. The van der Waals surface area contributed by atoms with Crippen LogP contribution in [-0.4, -0.2) is 0 Å². The van der Waals surface area contributed by atoms with Crippen molar-refractivity contribution in [2.75, 3.05) is 4.90 Å². The Morgan fingerprint density at radius 2 is 0.783 bits per heavy atom. The lowest BCUT2D eigenvalue weighted by atomic mass is 9.95. The molecule has 0 bridgehead atoms. The van der Waals surface area contributed by atoms with E-state index in [1.54, 1.807) is 0 Å². The molecule has 0 spiro atoms. The molecule has 0 aliphatic carbocycles. The van der Waals surface area contributed by atoms with Crippen LogP contribution in [0, 0.1) is 0 Å². The highest BCUT2D eigenvalue weighted by Crippen LogP contribution is 2.44. The van der Waals surface area contributed by atoms with Crippen LogP contribution in [-0.2, 0) is 0 Å². The van der Waals surface area contributed by atoms with Crippen LogP contribution in [0.5, 0.6) is 0 Å². The van der Waals surface area contributed by atoms with Crippen LogP contribution >= 0.6 is 11.3 Å². The molecule has 0 amide bonds. The Kier molecular flexibility index (Phi) is 9.11. The van der Waals surface area contributed by atoms with Gasteiger partial charge in [-0.3, -0.25) is 0 Å². The van der Waals surface area contributed by atoms with Crippen molar-refractivity contribution < 1.29 is 0 Å². The Labute approximate surface area is 354 Å². The number of rotatable bonds is 8. The van der Waals surface area contributed by atoms with Crippen LogP contribution in [0.1, 0.15) is 0 Å². The van der Waals surface area contributed by atoms with Crippen LogP contribution in [0.2, 0.25) is 0 Å². The third kappa shape index (κ3) is 6.63. The van der Waals surface area contributed by atoms with E-state index >= 15 is 0 Å². The second kappa shape index (κ2) is 15.3. The third-order valence-corrected chi connectivity index (χ3v) is 12.9. The van der Waals surface area contributed by atoms with Gasteiger partial charge in [0.25, 0.3) is 0 Å². The number of thiophene rings is 1. The van der Waals surface area contributed by atoms with Gasteiger partial charge < -0.3 is 4.90 Å². The zero-order chi connectivity index (χ0) is 39.8. The van der Waals surface area contributed by atoms with Crippen molar-refractivity contribution in [3.05, 3.63) is 237 Å². The predicted molar refractivity (Wildman–Crippen MR) is 259 cm³/mol. The van der Waals surface area contributed by atoms with E-state index in [4.69, 9.17) is 0 Å². The zero-order valence-corrected chi connectivity index (χ0v) is 33.7. The van der Waals surface area contributed by atoms with Gasteiger partial charge in [0.1, 0.15) is 0 Å². The van der Waals surface area contributed by atoms with E-state index in [1.165, 1.54) is 81.0 Å². The van der Waals surface area contributed by atoms with Crippen molar-refractivity contribution in [2.45, 2.75) is 0 Å². The smallest absolute Gasteiger partial charge is 0.0473 e. The fourth-order valence-corrected chi connectivity index (χ4v) is 9.95. The van der Waals surface area contributed by atoms with Crippen LogP contribution < -0.4 is 4.90 Å². The molecule has 0 atom stereocenters. The first-order valence-electron chi connectivity index (χ1n) is 20.5. The standard InChI is InChI=1S/C58H39NS/c1-3-15-40(16-4-1)47-36-48(41-17-5-2-6-18-41)39-51(38-47)59(49-33-31-43(32-34-49)54-28-14-29-56-55-26-9-10-30-57(55)60-58(54)56)50-24-12-22-45(37-50)44-21-11-23-46(35-44)53-27-13-20-42-19-7-8-25-52(42)53/h1-39H. The highest BCUT2D eigenvalue weighted by molar-refractivity contribution is 7.26. The quantitative estimate of drug-likeness (QED) is 0.148. The van der Waals surface area contributed by atoms with Crippen LogP contribution in [0.15, 0.2) is 237 Å². The maximum absolute atomic E-state index is 2.42. The maximum Gasteiger partial charge on any atom is 0.0473 e. The summed E-state index contributed by atoms with van der Waals surface area (Å²) in [6, 6.07) is 86.2. The first-order valence-corrected chi connectivity index (χ1v) is 21.3. The van der Waals surface area contributed by atoms with E-state index < -0.39 is 0 Å². The lowest BCUT2D eigenvalue weighted by Gasteiger charge is -2.27. The van der Waals surface area contributed by atoms with Gasteiger partial charge in [-0.1, -0.05) is 182 Å². The van der Waals surface area contributed by atoms with Crippen LogP contribution in [0.25, 0.3) is 86.6 Å². The zero-order valence-electron chi connectivity index (χ0n) is 32.9. The molecule has 1 nitrogen and oxygen atoms in total. The first-order chi connectivity index (χ1) is 29.7. The second-order valence-electron chi connectivity index (χ2n) is 15.3. The Morgan fingerprint density at radius 1 is 0.267 bits per heavy atom. The van der Waals surface area contributed by atoms with Gasteiger partial charge in [0.05, 0.1) is 0 Å². The Morgan fingerprint density at radius 3 is 1.55 bits per heavy atom. The number of hydrogen-bond acceptors (Lipinski definition) is 2. The Bertz CT molecular complexity index is 3250. The van der Waals surface area contributed by atoms with Gasteiger partial charge in [-0.2, -0.15) is 0 Å². The van der Waals surface area contributed by atoms with Crippen LogP contribution in [0.4, 0.5) is 17.1 Å². The van der Waals surface area contributed by atoms with Crippen molar-refractivity contribution in [1.82, 2.24) is 0 Å². The third-order valence-electron chi connectivity index (χ3n) is 11.6. The predicted octanol–water partition coefficient (Wildman–Crippen LogP) is 17.0. The molecule has 0 unspecified atom stereocenters. The van der Waals surface area contributed by atoms with Crippen molar-refractivity contribution in [3.8, 4) is 55.6 Å². The molecule has 1 aromatic heterocycles. The van der Waals surface area contributed by atoms with Gasteiger partial charge in [-0.15, -0.1) is 11.3 Å². The van der Waals surface area contributed by atoms with Crippen molar-refractivity contribution in [2.24, 2.45) is 0 Å². The largest absolute Gasteiger partial charge is 0.310 e. The van der Waals surface area contributed by atoms with Gasteiger partial charge in [0.2, 0.25) is 0 Å². The molecule has 10 aromatic carbocycles. The molecular weight excluding hydrogens is 743 g/mol. The topological polar surface area (TPSA) is 3.24 Å². The summed E-state index contributed by atoms with van der Waals surface area (Å²) >= 11 is 1.88. The fraction of sp³-hybridized carbons (Fsp3) is 0. The second-order valence-corrected chi connectivity index (χ2v) is 16.4. The minimum Gasteiger partial charge on any atom is -0.310 e. The average Bonchev–Trinajstić information content (AvgIpc) is 3.71. The highest BCUT2D eigenvalue weighted by Gasteiger charge is 2.18. The van der Waals surface area contributed by atoms with E-state index in [0.717, 1.165) is 22.6 Å². The summed E-state index contributed by atoms with van der Waals surface area (Å²) in [5, 5.41) is 5.14. The van der Waals surface area contributed by atoms with E-state index in [0.29, 0.717) is 0 Å². The summed E-state index contributed by atoms with van der Waals surface area (Å²) in [5.74, 6) is 0. The average molecular weight is 782 g/mol. The summed E-state index contributed by atoms with van der Waals surface area (Å²) in [6.45, 7) is 0. The minimum atomic E-state index is 1.09. The van der Waals surface area contributed by atoms with Gasteiger partial charge in [-0.05, 0) is 121 Å². The summed E-state index contributed by atoms with van der Waals surface area (Å²) in [6.07, 6.45) is 0. The molecule has 0 saturated carbocycles. The normalized spacial score (nSPS) is 11.3. The molecule has 0 aliphatic heterocycles. The molecular formula is C58H39NS. The number of nitrogens with zero attached hydrogens (tertiary/aromatic N) is 1. The molecule has 2 heteroatoms. The monoisotopic (exact) mass is 781 g/mol. The molecule has 1 heterocycles. The number of benzene rings is 10. The van der Waals surface area contributed by atoms with E-state index in [2.05, 4.69) is 241 Å². The van der Waals surface area contributed by atoms with E-state index in [9.17, 15) is 0 Å². The van der Waals surface area contributed by atoms with Gasteiger partial charge in [0, 0.05) is 37.2 Å². The molecule has 60 heavy (non-hydrogen) atoms. The molecule has 0 radical (unpaired) electrons. The van der Waals surface area contributed by atoms with Gasteiger partial charge in [-0.25, -0.2) is 0 Å². The summed E-state index contributed by atoms with van der Waals surface area (Å²) in [5.41, 5.74) is 15.2. The SMILES string of the molecule is c1ccc(-c2cc(-c3ccccc3)cc(N(c3ccc(-c4cccc5c4sc4ccccc45)cc3)c3cccc(-c4cccc(-c5cccc6ccccc56)c4)c3)c2)cc1. The lowest BCUT2D eigenvalue weighted by Crippen LogP contribution is -2.10. The number of anilines is 3. The van der Waals surface area contributed by atoms with Crippen LogP contribution in [0.3, 0.4) is 0 Å². The van der Waals surface area contributed by atoms with E-state index in [1.807, 2.05) is 11.3 Å². The number of hydrogen-bond donors (Lipinski definition) is 0. The molecule has 0 N–H and O–H groups in total. The van der Waals surface area contributed by atoms with Gasteiger partial charge >= 0.3 is 0 Å². The minimum absolute atomic E-state index is 1.09. The molecule has 11 aromatic rings. The molecule has 282 valence electrons. The Balaban J connectivity index is 1.07. The van der Waals surface area contributed by atoms with Crippen molar-refractivity contribution >= 4 is 59.3 Å². The molecule has 0 aliphatic rings. The summed E-state index contributed by atoms with van der Waals surface area (Å²) < 4.78 is 2.64. The van der Waals surface area contributed by atoms with Crippen molar-refractivity contribution in [1.29, 1.82) is 0 Å². The van der Waals surface area contributed by atoms with Gasteiger partial charge in [0.15, 0.2) is 0 Å². The van der Waals surface area contributed by atoms with Crippen molar-refractivity contribution in [3.63, 3.8) is 0 Å². The Hall–Kier alpha value is -7.52. The fourth-order valence-electron chi connectivity index (χ4n) is 8.71.